The number of aliphatic carboxylic acids is 1. The van der Waals surface area contributed by atoms with Gasteiger partial charge in [-0.15, -0.1) is 0 Å². The van der Waals surface area contributed by atoms with E-state index in [-0.39, 0.29) is 5.92 Å². The van der Waals surface area contributed by atoms with Crippen LogP contribution in [0.1, 0.15) is 39.0 Å². The smallest absolute Gasteiger partial charge is 0.323 e. The van der Waals surface area contributed by atoms with E-state index in [4.69, 9.17) is 5.73 Å². The first-order valence-electron chi connectivity index (χ1n) is 6.77. The first kappa shape index (κ1) is 12.8. The molecule has 4 nitrogen and oxygen atoms in total. The quantitative estimate of drug-likeness (QED) is 0.777. The molecule has 3 unspecified atom stereocenters. The van der Waals surface area contributed by atoms with Crippen LogP contribution in [0.3, 0.4) is 0 Å². The van der Waals surface area contributed by atoms with Gasteiger partial charge in [0, 0.05) is 6.54 Å². The maximum absolute atomic E-state index is 11.2. The normalized spacial score (nSPS) is 38.7. The summed E-state index contributed by atoms with van der Waals surface area (Å²) in [5.74, 6) is 0.145. The molecule has 3 atom stereocenters. The molecule has 1 saturated carbocycles. The van der Waals surface area contributed by atoms with E-state index >= 15 is 0 Å². The van der Waals surface area contributed by atoms with E-state index in [1.165, 1.54) is 13.0 Å². The van der Waals surface area contributed by atoms with E-state index in [1.54, 1.807) is 0 Å². The van der Waals surface area contributed by atoms with Crippen molar-refractivity contribution in [2.24, 2.45) is 17.6 Å². The fraction of sp³-hybridized carbons (Fsp3) is 0.923. The lowest BCUT2D eigenvalue weighted by Crippen LogP contribution is -2.51. The molecule has 98 valence electrons. The fourth-order valence-electron chi connectivity index (χ4n) is 3.35. The Morgan fingerprint density at radius 2 is 2.29 bits per heavy atom. The number of hydrogen-bond donors (Lipinski definition) is 2. The number of nitrogens with two attached hydrogens (primary N) is 1. The molecule has 1 aliphatic carbocycles. The average Bonchev–Trinajstić information content (AvgIpc) is 2.83. The third kappa shape index (κ3) is 2.63. The van der Waals surface area contributed by atoms with Crippen molar-refractivity contribution in [3.05, 3.63) is 0 Å². The first-order chi connectivity index (χ1) is 8.02. The van der Waals surface area contributed by atoms with Crippen molar-refractivity contribution in [3.63, 3.8) is 0 Å². The minimum absolute atomic E-state index is 0.163. The molecule has 2 aliphatic rings. The predicted molar refractivity (Wildman–Crippen MR) is 66.7 cm³/mol. The molecule has 0 amide bonds. The van der Waals surface area contributed by atoms with Gasteiger partial charge in [0.1, 0.15) is 5.54 Å². The number of carboxylic acid groups (broad SMARTS) is 1. The molecule has 1 aliphatic heterocycles. The number of likely N-dealkylation sites (tertiary alicyclic amines) is 1. The molecule has 0 aromatic carbocycles. The molecule has 0 aromatic rings. The van der Waals surface area contributed by atoms with Crippen LogP contribution in [0.5, 0.6) is 0 Å². The lowest BCUT2D eigenvalue weighted by molar-refractivity contribution is -0.144. The number of nitrogens with zero attached hydrogens (tertiary/aromatic N) is 1. The summed E-state index contributed by atoms with van der Waals surface area (Å²) < 4.78 is 0. The molecule has 1 heterocycles. The van der Waals surface area contributed by atoms with Gasteiger partial charge in [0.05, 0.1) is 0 Å². The molecule has 0 aromatic heterocycles. The fourth-order valence-corrected chi connectivity index (χ4v) is 3.35. The highest BCUT2D eigenvalue weighted by Gasteiger charge is 2.45. The zero-order chi connectivity index (χ0) is 12.5. The van der Waals surface area contributed by atoms with Gasteiger partial charge in [0.25, 0.3) is 0 Å². The van der Waals surface area contributed by atoms with Gasteiger partial charge in [0.2, 0.25) is 0 Å². The number of rotatable bonds is 4. The van der Waals surface area contributed by atoms with Gasteiger partial charge in [-0.1, -0.05) is 13.3 Å². The largest absolute Gasteiger partial charge is 0.480 e. The summed E-state index contributed by atoms with van der Waals surface area (Å²) in [6.45, 7) is 5.62. The summed E-state index contributed by atoms with van der Waals surface area (Å²) in [5, 5.41) is 9.24. The average molecular weight is 240 g/mol. The van der Waals surface area contributed by atoms with Crippen molar-refractivity contribution >= 4 is 5.97 Å². The first-order valence-corrected chi connectivity index (χ1v) is 6.77. The van der Waals surface area contributed by atoms with Crippen molar-refractivity contribution < 1.29 is 9.90 Å². The highest BCUT2D eigenvalue weighted by molar-refractivity contribution is 5.79. The van der Waals surface area contributed by atoms with E-state index in [2.05, 4.69) is 11.8 Å². The lowest BCUT2D eigenvalue weighted by Gasteiger charge is -2.28. The van der Waals surface area contributed by atoms with Gasteiger partial charge >= 0.3 is 5.97 Å². The Labute approximate surface area is 103 Å². The van der Waals surface area contributed by atoms with Crippen molar-refractivity contribution in [1.29, 1.82) is 0 Å². The lowest BCUT2D eigenvalue weighted by atomic mass is 9.85. The number of carboxylic acids is 1. The van der Waals surface area contributed by atoms with E-state index in [9.17, 15) is 9.90 Å². The molecule has 2 rings (SSSR count). The highest BCUT2D eigenvalue weighted by Crippen LogP contribution is 2.36. The summed E-state index contributed by atoms with van der Waals surface area (Å²) >= 11 is 0. The van der Waals surface area contributed by atoms with Crippen LogP contribution in [0.15, 0.2) is 0 Å². The van der Waals surface area contributed by atoms with E-state index in [0.717, 1.165) is 38.3 Å². The van der Waals surface area contributed by atoms with Crippen LogP contribution in [0, 0.1) is 11.8 Å². The van der Waals surface area contributed by atoms with E-state index < -0.39 is 11.5 Å². The second-order valence-electron chi connectivity index (χ2n) is 5.92. The van der Waals surface area contributed by atoms with E-state index in [1.807, 2.05) is 0 Å². The SMILES string of the molecule is CC1CCN(CCC2CCCC2(N)C(=O)O)C1. The van der Waals surface area contributed by atoms with E-state index in [0.29, 0.717) is 6.42 Å². The summed E-state index contributed by atoms with van der Waals surface area (Å²) in [7, 11) is 0. The maximum Gasteiger partial charge on any atom is 0.323 e. The predicted octanol–water partition coefficient (Wildman–Crippen LogP) is 1.30. The van der Waals surface area contributed by atoms with Crippen LogP contribution in [0.2, 0.25) is 0 Å². The maximum atomic E-state index is 11.2. The van der Waals surface area contributed by atoms with Gasteiger partial charge in [-0.25, -0.2) is 0 Å². The van der Waals surface area contributed by atoms with Gasteiger partial charge in [0.15, 0.2) is 0 Å². The van der Waals surface area contributed by atoms with Crippen molar-refractivity contribution in [2.75, 3.05) is 19.6 Å². The molecule has 0 radical (unpaired) electrons. The Kier molecular flexibility index (Phi) is 3.73. The van der Waals surface area contributed by atoms with Crippen molar-refractivity contribution in [3.8, 4) is 0 Å². The molecule has 0 bridgehead atoms. The molecule has 1 saturated heterocycles. The molecular formula is C13H24N2O2. The molecule has 2 fully saturated rings. The molecule has 4 heteroatoms. The standard InChI is InChI=1S/C13H24N2O2/c1-10-4-7-15(9-10)8-5-11-3-2-6-13(11,14)12(16)17/h10-11H,2-9,14H2,1H3,(H,16,17). The molecule has 17 heavy (non-hydrogen) atoms. The minimum atomic E-state index is -0.953. The Morgan fingerprint density at radius 1 is 1.53 bits per heavy atom. The summed E-state index contributed by atoms with van der Waals surface area (Å²) in [6, 6.07) is 0. The highest BCUT2D eigenvalue weighted by atomic mass is 16.4. The monoisotopic (exact) mass is 240 g/mol. The Balaban J connectivity index is 1.84. The van der Waals surface area contributed by atoms with Gasteiger partial charge in [-0.05, 0) is 50.6 Å². The Hall–Kier alpha value is -0.610. The second-order valence-corrected chi connectivity index (χ2v) is 5.92. The van der Waals surface area contributed by atoms with Crippen molar-refractivity contribution in [1.82, 2.24) is 4.90 Å². The van der Waals surface area contributed by atoms with Crippen LogP contribution in [-0.2, 0) is 4.79 Å². The summed E-state index contributed by atoms with van der Waals surface area (Å²) in [4.78, 5) is 13.7. The van der Waals surface area contributed by atoms with Crippen molar-refractivity contribution in [2.45, 2.75) is 44.6 Å². The topological polar surface area (TPSA) is 66.6 Å². The third-order valence-corrected chi connectivity index (χ3v) is 4.57. The van der Waals surface area contributed by atoms with Gasteiger partial charge < -0.3 is 15.7 Å². The minimum Gasteiger partial charge on any atom is -0.480 e. The van der Waals surface area contributed by atoms with Crippen LogP contribution in [0.4, 0.5) is 0 Å². The zero-order valence-corrected chi connectivity index (χ0v) is 10.7. The van der Waals surface area contributed by atoms with Crippen LogP contribution in [0.25, 0.3) is 0 Å². The van der Waals surface area contributed by atoms with Crippen LogP contribution < -0.4 is 5.73 Å². The van der Waals surface area contributed by atoms with Crippen LogP contribution >= 0.6 is 0 Å². The Morgan fingerprint density at radius 3 is 2.88 bits per heavy atom. The molecular weight excluding hydrogens is 216 g/mol. The second kappa shape index (κ2) is 4.94. The zero-order valence-electron chi connectivity index (χ0n) is 10.7. The number of hydrogen-bond acceptors (Lipinski definition) is 3. The van der Waals surface area contributed by atoms with Gasteiger partial charge in [-0.3, -0.25) is 4.79 Å². The molecule has 0 spiro atoms. The van der Waals surface area contributed by atoms with Crippen LogP contribution in [-0.4, -0.2) is 41.1 Å². The van der Waals surface area contributed by atoms with Gasteiger partial charge in [-0.2, -0.15) is 0 Å². The summed E-state index contributed by atoms with van der Waals surface area (Å²) in [6.07, 6.45) is 4.80. The Bertz CT molecular complexity index is 295. The third-order valence-electron chi connectivity index (χ3n) is 4.57. The number of carbonyl (C=O) groups is 1. The molecule has 3 N–H and O–H groups in total. The summed E-state index contributed by atoms with van der Waals surface area (Å²) in [5.41, 5.74) is 5.09.